The number of hydrogen-bond acceptors (Lipinski definition) is 7. The molecule has 0 amide bonds. The molecule has 1 saturated heterocycles. The fourth-order valence-electron chi connectivity index (χ4n) is 2.73. The second-order valence-corrected chi connectivity index (χ2v) is 6.71. The largest absolute Gasteiger partial charge is 0.382 e. The van der Waals surface area contributed by atoms with Gasteiger partial charge in [0.15, 0.2) is 0 Å². The van der Waals surface area contributed by atoms with Gasteiger partial charge in [-0.05, 0) is 27.7 Å². The van der Waals surface area contributed by atoms with E-state index in [1.807, 2.05) is 27.7 Å². The van der Waals surface area contributed by atoms with Crippen molar-refractivity contribution in [2.24, 2.45) is 5.73 Å². The Morgan fingerprint density at radius 2 is 2.12 bits per heavy atom. The predicted molar refractivity (Wildman–Crippen MR) is 98.5 cm³/mol. The average Bonchev–Trinajstić information content (AvgIpc) is 2.94. The molecule has 0 radical (unpaired) electrons. The van der Waals surface area contributed by atoms with Crippen molar-refractivity contribution in [3.05, 3.63) is 22.2 Å². The van der Waals surface area contributed by atoms with Crippen LogP contribution in [-0.2, 0) is 14.2 Å². The summed E-state index contributed by atoms with van der Waals surface area (Å²) >= 11 is 0. The fraction of sp³-hybridized carbons (Fsp3) is 0.667. The molecule has 0 bridgehead atoms. The Balaban J connectivity index is 2.26. The van der Waals surface area contributed by atoms with Gasteiger partial charge in [0.05, 0.1) is 37.0 Å². The number of hydrogen-bond donors (Lipinski definition) is 2. The number of rotatable bonds is 6. The summed E-state index contributed by atoms with van der Waals surface area (Å²) in [5.74, 6) is 5.62. The van der Waals surface area contributed by atoms with Gasteiger partial charge in [-0.2, -0.15) is 4.98 Å². The van der Waals surface area contributed by atoms with Crippen LogP contribution < -0.4 is 17.2 Å². The number of nitrogen functional groups attached to an aromatic ring is 1. The van der Waals surface area contributed by atoms with Gasteiger partial charge in [0.2, 0.25) is 0 Å². The van der Waals surface area contributed by atoms with Crippen molar-refractivity contribution < 1.29 is 14.2 Å². The second-order valence-electron chi connectivity index (χ2n) is 6.71. The van der Waals surface area contributed by atoms with Gasteiger partial charge in [0.25, 0.3) is 0 Å². The molecule has 2 heterocycles. The van der Waals surface area contributed by atoms with Gasteiger partial charge in [-0.3, -0.25) is 4.57 Å². The van der Waals surface area contributed by atoms with Crippen molar-refractivity contribution in [2.75, 3.05) is 18.9 Å². The van der Waals surface area contributed by atoms with Crippen LogP contribution in [0, 0.1) is 11.8 Å². The van der Waals surface area contributed by atoms with E-state index in [1.165, 1.54) is 4.57 Å². The van der Waals surface area contributed by atoms with Crippen LogP contribution in [0.2, 0.25) is 0 Å². The van der Waals surface area contributed by atoms with Crippen molar-refractivity contribution in [3.8, 4) is 11.8 Å². The lowest BCUT2D eigenvalue weighted by atomic mass is 10.1. The third-order valence-electron chi connectivity index (χ3n) is 3.84. The van der Waals surface area contributed by atoms with Crippen LogP contribution in [0.25, 0.3) is 0 Å². The van der Waals surface area contributed by atoms with Crippen molar-refractivity contribution >= 4 is 5.82 Å². The second kappa shape index (κ2) is 9.14. The monoisotopic (exact) mass is 364 g/mol. The molecular formula is C18H28N4O4. The SMILES string of the molecule is CC(C)OC[C@H]1O[C@@H](n2cc(C#CCN)c(N)nc2=O)CC1OC(C)C. The molecule has 144 valence electrons. The first kappa shape index (κ1) is 20.4. The normalized spacial score (nSPS) is 22.7. The number of aromatic nitrogens is 2. The summed E-state index contributed by atoms with van der Waals surface area (Å²) in [7, 11) is 0. The first-order valence-electron chi connectivity index (χ1n) is 8.82. The molecule has 0 aromatic carbocycles. The zero-order valence-electron chi connectivity index (χ0n) is 15.8. The maximum atomic E-state index is 12.3. The van der Waals surface area contributed by atoms with Gasteiger partial charge in [0.1, 0.15) is 18.1 Å². The highest BCUT2D eigenvalue weighted by atomic mass is 16.6. The van der Waals surface area contributed by atoms with Crippen LogP contribution in [0.3, 0.4) is 0 Å². The molecule has 0 aliphatic carbocycles. The number of ether oxygens (including phenoxy) is 3. The Hall–Kier alpha value is -1.92. The van der Waals surface area contributed by atoms with E-state index >= 15 is 0 Å². The third kappa shape index (κ3) is 5.29. The molecule has 8 nitrogen and oxygen atoms in total. The van der Waals surface area contributed by atoms with Crippen LogP contribution in [0.5, 0.6) is 0 Å². The van der Waals surface area contributed by atoms with Crippen molar-refractivity contribution in [3.63, 3.8) is 0 Å². The summed E-state index contributed by atoms with van der Waals surface area (Å²) in [6, 6.07) is 0. The smallest absolute Gasteiger partial charge is 0.351 e. The zero-order chi connectivity index (χ0) is 19.3. The lowest BCUT2D eigenvalue weighted by Crippen LogP contribution is -2.32. The van der Waals surface area contributed by atoms with Crippen LogP contribution >= 0.6 is 0 Å². The highest BCUT2D eigenvalue weighted by Gasteiger charge is 2.38. The molecule has 1 aromatic rings. The molecule has 1 aliphatic rings. The molecule has 1 unspecified atom stereocenters. The topological polar surface area (TPSA) is 115 Å². The van der Waals surface area contributed by atoms with E-state index in [1.54, 1.807) is 6.20 Å². The quantitative estimate of drug-likeness (QED) is 0.712. The Morgan fingerprint density at radius 1 is 1.38 bits per heavy atom. The first-order valence-corrected chi connectivity index (χ1v) is 8.82. The third-order valence-corrected chi connectivity index (χ3v) is 3.84. The number of nitrogens with zero attached hydrogens (tertiary/aromatic N) is 2. The van der Waals surface area contributed by atoms with E-state index in [0.29, 0.717) is 18.6 Å². The van der Waals surface area contributed by atoms with E-state index < -0.39 is 11.9 Å². The van der Waals surface area contributed by atoms with Gasteiger partial charge in [-0.25, -0.2) is 4.79 Å². The van der Waals surface area contributed by atoms with Gasteiger partial charge in [0, 0.05) is 12.6 Å². The summed E-state index contributed by atoms with van der Waals surface area (Å²) < 4.78 is 19.1. The standard InChI is InChI=1S/C18H28N4O4/c1-11(2)24-10-15-14(25-12(3)4)8-16(26-15)22-9-13(6-5-7-19)17(20)21-18(22)23/h9,11-12,14-16H,7-8,10,19H2,1-4H3,(H2,20,21,23)/t14?,15-,16-/m1/s1. The van der Waals surface area contributed by atoms with Crippen LogP contribution in [0.4, 0.5) is 5.82 Å². The molecule has 1 fully saturated rings. The average molecular weight is 364 g/mol. The van der Waals surface area contributed by atoms with Gasteiger partial charge in [-0.15, -0.1) is 0 Å². The van der Waals surface area contributed by atoms with Crippen LogP contribution in [0.1, 0.15) is 45.9 Å². The Bertz CT molecular complexity index is 720. The van der Waals surface area contributed by atoms with E-state index in [9.17, 15) is 4.79 Å². The van der Waals surface area contributed by atoms with Gasteiger partial charge in [-0.1, -0.05) is 11.8 Å². The summed E-state index contributed by atoms with van der Waals surface area (Å²) in [6.45, 7) is 8.43. The Labute approximate surface area is 153 Å². The predicted octanol–water partition coefficient (Wildman–Crippen LogP) is 0.642. The zero-order valence-corrected chi connectivity index (χ0v) is 15.8. The molecule has 2 rings (SSSR count). The molecule has 1 aliphatic heterocycles. The highest BCUT2D eigenvalue weighted by Crippen LogP contribution is 2.31. The molecule has 3 atom stereocenters. The maximum absolute atomic E-state index is 12.3. The van der Waals surface area contributed by atoms with E-state index in [0.717, 1.165) is 0 Å². The van der Waals surface area contributed by atoms with E-state index in [2.05, 4.69) is 16.8 Å². The minimum absolute atomic E-state index is 0.0381. The van der Waals surface area contributed by atoms with Crippen molar-refractivity contribution in [2.45, 2.75) is 64.8 Å². The molecule has 1 aromatic heterocycles. The lowest BCUT2D eigenvalue weighted by Gasteiger charge is -2.21. The minimum atomic E-state index is -0.515. The number of nitrogens with two attached hydrogens (primary N) is 2. The summed E-state index contributed by atoms with van der Waals surface area (Å²) in [4.78, 5) is 16.1. The first-order chi connectivity index (χ1) is 12.3. The fourth-order valence-corrected chi connectivity index (χ4v) is 2.73. The minimum Gasteiger partial charge on any atom is -0.382 e. The van der Waals surface area contributed by atoms with Crippen molar-refractivity contribution in [1.82, 2.24) is 9.55 Å². The summed E-state index contributed by atoms with van der Waals surface area (Å²) in [6.07, 6.45) is 1.23. The molecule has 26 heavy (non-hydrogen) atoms. The molecule has 8 heteroatoms. The Morgan fingerprint density at radius 3 is 2.73 bits per heavy atom. The molecular weight excluding hydrogens is 336 g/mol. The van der Waals surface area contributed by atoms with E-state index in [4.69, 9.17) is 25.7 Å². The maximum Gasteiger partial charge on any atom is 0.351 e. The number of anilines is 1. The highest BCUT2D eigenvalue weighted by molar-refractivity contribution is 5.49. The Kier molecular flexibility index (Phi) is 7.17. The molecule has 0 spiro atoms. The molecule has 4 N–H and O–H groups in total. The van der Waals surface area contributed by atoms with Crippen molar-refractivity contribution in [1.29, 1.82) is 0 Å². The molecule has 0 saturated carbocycles. The van der Waals surface area contributed by atoms with Gasteiger partial charge >= 0.3 is 5.69 Å². The van der Waals surface area contributed by atoms with Crippen LogP contribution in [0.15, 0.2) is 11.0 Å². The lowest BCUT2D eigenvalue weighted by molar-refractivity contribution is -0.0963. The van der Waals surface area contributed by atoms with Gasteiger partial charge < -0.3 is 25.7 Å². The van der Waals surface area contributed by atoms with Crippen LogP contribution in [-0.4, -0.2) is 47.1 Å². The van der Waals surface area contributed by atoms with E-state index in [-0.39, 0.29) is 36.8 Å². The summed E-state index contributed by atoms with van der Waals surface area (Å²) in [5, 5.41) is 0. The summed E-state index contributed by atoms with van der Waals surface area (Å²) in [5.41, 5.74) is 11.1.